The zero-order valence-corrected chi connectivity index (χ0v) is 13.9. The molecule has 118 valence electrons. The predicted molar refractivity (Wildman–Crippen MR) is 80.5 cm³/mol. The van der Waals surface area contributed by atoms with Crippen molar-refractivity contribution in [2.24, 2.45) is 0 Å². The van der Waals surface area contributed by atoms with Gasteiger partial charge in [-0.05, 0) is 20.8 Å². The van der Waals surface area contributed by atoms with Gasteiger partial charge in [-0.1, -0.05) is 0 Å². The highest BCUT2D eigenvalue weighted by Crippen LogP contribution is 2.39. The van der Waals surface area contributed by atoms with Gasteiger partial charge in [-0.2, -0.15) is 0 Å². The molecule has 1 aliphatic heterocycles. The summed E-state index contributed by atoms with van der Waals surface area (Å²) >= 11 is 1.54. The van der Waals surface area contributed by atoms with Crippen LogP contribution in [-0.4, -0.2) is 37.9 Å². The van der Waals surface area contributed by atoms with E-state index in [0.29, 0.717) is 19.8 Å². The minimum absolute atomic E-state index is 0.250. The zero-order chi connectivity index (χ0) is 15.5. The van der Waals surface area contributed by atoms with Gasteiger partial charge in [0, 0.05) is 38.5 Å². The molecule has 0 aliphatic carbocycles. The number of thiazole rings is 1. The van der Waals surface area contributed by atoms with Gasteiger partial charge in [-0.25, -0.2) is 4.98 Å². The molecule has 0 bridgehead atoms. The van der Waals surface area contributed by atoms with E-state index in [4.69, 9.17) is 14.2 Å². The topological polar surface area (TPSA) is 57.7 Å². The largest absolute Gasteiger partial charge is 0.465 e. The lowest BCUT2D eigenvalue weighted by atomic mass is 9.90. The fourth-order valence-electron chi connectivity index (χ4n) is 2.39. The Morgan fingerprint density at radius 2 is 2.14 bits per heavy atom. The summed E-state index contributed by atoms with van der Waals surface area (Å²) < 4.78 is 16.3. The van der Waals surface area contributed by atoms with Crippen molar-refractivity contribution in [3.63, 3.8) is 0 Å². The van der Waals surface area contributed by atoms with Crippen molar-refractivity contribution in [1.29, 1.82) is 0 Å². The molecular weight excluding hydrogens is 290 g/mol. The van der Waals surface area contributed by atoms with E-state index in [2.05, 4.69) is 4.98 Å². The number of hydrogen-bond acceptors (Lipinski definition) is 6. The van der Waals surface area contributed by atoms with Crippen LogP contribution >= 0.6 is 11.3 Å². The van der Waals surface area contributed by atoms with Crippen LogP contribution in [0.2, 0.25) is 0 Å². The van der Waals surface area contributed by atoms with E-state index in [1.54, 1.807) is 18.4 Å². The van der Waals surface area contributed by atoms with Gasteiger partial charge < -0.3 is 14.2 Å². The van der Waals surface area contributed by atoms with Crippen molar-refractivity contribution in [3.8, 4) is 0 Å². The lowest BCUT2D eigenvalue weighted by molar-refractivity contribution is -0.149. The molecule has 1 aromatic heterocycles. The Kier molecular flexibility index (Phi) is 5.01. The molecule has 1 aromatic rings. The fourth-order valence-corrected chi connectivity index (χ4v) is 3.62. The Balaban J connectivity index is 2.26. The van der Waals surface area contributed by atoms with Crippen LogP contribution in [0.4, 0.5) is 0 Å². The summed E-state index contributed by atoms with van der Waals surface area (Å²) in [4.78, 5) is 16.8. The molecule has 1 fully saturated rings. The van der Waals surface area contributed by atoms with Gasteiger partial charge in [0.2, 0.25) is 0 Å². The molecule has 5 nitrogen and oxygen atoms in total. The van der Waals surface area contributed by atoms with Gasteiger partial charge in [0.25, 0.3) is 0 Å². The van der Waals surface area contributed by atoms with E-state index < -0.39 is 5.41 Å². The highest BCUT2D eigenvalue weighted by atomic mass is 32.1. The summed E-state index contributed by atoms with van der Waals surface area (Å²) in [7, 11) is 1.71. The Bertz CT molecular complexity index is 492. The van der Waals surface area contributed by atoms with Gasteiger partial charge in [0.15, 0.2) is 0 Å². The molecule has 0 amide bonds. The highest BCUT2D eigenvalue weighted by Gasteiger charge is 2.40. The van der Waals surface area contributed by atoms with Crippen molar-refractivity contribution in [1.82, 2.24) is 4.98 Å². The van der Waals surface area contributed by atoms with Crippen LogP contribution in [0.5, 0.6) is 0 Å². The normalized spacial score (nSPS) is 18.5. The number of nitrogens with zero attached hydrogens (tertiary/aromatic N) is 1. The van der Waals surface area contributed by atoms with Gasteiger partial charge >= 0.3 is 5.97 Å². The summed E-state index contributed by atoms with van der Waals surface area (Å²) in [5.41, 5.74) is -0.389. The first-order chi connectivity index (χ1) is 9.96. The molecule has 0 spiro atoms. The number of carbonyl (C=O) groups is 1. The minimum Gasteiger partial charge on any atom is -0.465 e. The van der Waals surface area contributed by atoms with Crippen LogP contribution < -0.4 is 0 Å². The van der Waals surface area contributed by atoms with Crippen molar-refractivity contribution >= 4 is 17.3 Å². The third-order valence-corrected chi connectivity index (χ3v) is 5.04. The van der Waals surface area contributed by atoms with Gasteiger partial charge in [-0.15, -0.1) is 11.3 Å². The molecule has 1 aliphatic rings. The molecule has 0 unspecified atom stereocenters. The molecule has 2 heterocycles. The maximum absolute atomic E-state index is 12.1. The van der Waals surface area contributed by atoms with Crippen molar-refractivity contribution in [2.45, 2.75) is 44.6 Å². The second-order valence-corrected chi connectivity index (χ2v) is 6.55. The monoisotopic (exact) mass is 313 g/mol. The molecule has 21 heavy (non-hydrogen) atoms. The average molecular weight is 313 g/mol. The van der Waals surface area contributed by atoms with Gasteiger partial charge in [-0.3, -0.25) is 4.79 Å². The Labute approximate surface area is 129 Å². The second kappa shape index (κ2) is 6.42. The van der Waals surface area contributed by atoms with E-state index in [-0.39, 0.29) is 11.6 Å². The third-order valence-electron chi connectivity index (χ3n) is 4.01. The Morgan fingerprint density at radius 3 is 2.71 bits per heavy atom. The Hall–Kier alpha value is -0.980. The van der Waals surface area contributed by atoms with Crippen LogP contribution in [0.15, 0.2) is 5.38 Å². The number of hydrogen-bond donors (Lipinski definition) is 0. The molecule has 0 N–H and O–H groups in total. The van der Waals surface area contributed by atoms with Crippen molar-refractivity contribution in [3.05, 3.63) is 16.1 Å². The average Bonchev–Trinajstić information content (AvgIpc) is 2.99. The zero-order valence-electron chi connectivity index (χ0n) is 13.1. The van der Waals surface area contributed by atoms with Gasteiger partial charge in [0.1, 0.15) is 16.0 Å². The number of carbonyl (C=O) groups excluding carboxylic acids is 1. The first-order valence-corrected chi connectivity index (χ1v) is 8.11. The second-order valence-electron chi connectivity index (χ2n) is 5.69. The lowest BCUT2D eigenvalue weighted by Crippen LogP contribution is -2.36. The Morgan fingerprint density at radius 1 is 1.48 bits per heavy atom. The molecule has 6 heteroatoms. The van der Waals surface area contributed by atoms with Crippen LogP contribution in [0, 0.1) is 0 Å². The highest BCUT2D eigenvalue weighted by molar-refractivity contribution is 7.09. The summed E-state index contributed by atoms with van der Waals surface area (Å²) in [5, 5.41) is 2.85. The summed E-state index contributed by atoms with van der Waals surface area (Å²) in [5.74, 6) is -0.250. The molecule has 0 radical (unpaired) electrons. The number of esters is 1. The maximum Gasteiger partial charge on any atom is 0.317 e. The van der Waals surface area contributed by atoms with E-state index in [1.165, 1.54) is 0 Å². The number of methoxy groups -OCH3 is 1. The minimum atomic E-state index is -0.745. The van der Waals surface area contributed by atoms with Crippen molar-refractivity contribution < 1.29 is 19.0 Å². The summed E-state index contributed by atoms with van der Waals surface area (Å²) in [6, 6.07) is 0. The summed E-state index contributed by atoms with van der Waals surface area (Å²) in [6.07, 6.45) is 1.58. The molecule has 2 rings (SSSR count). The smallest absolute Gasteiger partial charge is 0.317 e. The molecule has 0 atom stereocenters. The molecule has 1 saturated heterocycles. The lowest BCUT2D eigenvalue weighted by Gasteiger charge is -2.34. The first-order valence-electron chi connectivity index (χ1n) is 7.23. The van der Waals surface area contributed by atoms with E-state index in [1.807, 2.05) is 26.2 Å². The fraction of sp³-hybridized carbons (Fsp3) is 0.733. The quantitative estimate of drug-likeness (QED) is 0.782. The van der Waals surface area contributed by atoms with E-state index >= 15 is 0 Å². The standard InChI is InChI=1S/C15H23NO4S/c1-5-20-13(17)14(2,3)11-10-21-12(16-11)15(18-4)6-8-19-9-7-15/h10H,5-9H2,1-4H3. The van der Waals surface area contributed by atoms with Crippen LogP contribution in [0.3, 0.4) is 0 Å². The predicted octanol–water partition coefficient (Wildman–Crippen LogP) is 2.64. The van der Waals surface area contributed by atoms with E-state index in [0.717, 1.165) is 23.5 Å². The maximum atomic E-state index is 12.1. The van der Waals surface area contributed by atoms with Crippen LogP contribution in [0.25, 0.3) is 0 Å². The van der Waals surface area contributed by atoms with Crippen LogP contribution in [0.1, 0.15) is 44.3 Å². The number of rotatable bonds is 5. The third kappa shape index (κ3) is 3.12. The molecule has 0 saturated carbocycles. The summed E-state index contributed by atoms with van der Waals surface area (Å²) in [6.45, 7) is 7.20. The number of aromatic nitrogens is 1. The SMILES string of the molecule is CCOC(=O)C(C)(C)c1csc(C2(OC)CCOCC2)n1. The molecule has 0 aromatic carbocycles. The van der Waals surface area contributed by atoms with Crippen molar-refractivity contribution in [2.75, 3.05) is 26.9 Å². The molecular formula is C15H23NO4S. The van der Waals surface area contributed by atoms with Gasteiger partial charge in [0.05, 0.1) is 12.3 Å². The van der Waals surface area contributed by atoms with Crippen LogP contribution in [-0.2, 0) is 30.0 Å². The first kappa shape index (κ1) is 16.4. The number of ether oxygens (including phenoxy) is 3. The van der Waals surface area contributed by atoms with E-state index in [9.17, 15) is 4.79 Å².